The Kier molecular flexibility index (Phi) is 11.9. The Balaban J connectivity index is 0. The molecule has 1 fully saturated rings. The van der Waals surface area contributed by atoms with Crippen molar-refractivity contribution >= 4 is 11.8 Å². The zero-order valence-corrected chi connectivity index (χ0v) is 10.3. The third kappa shape index (κ3) is 10.8. The summed E-state index contributed by atoms with van der Waals surface area (Å²) >= 11 is 0. The molecule has 88 valence electrons. The first-order chi connectivity index (χ1) is 7.07. The molecule has 3 heteroatoms. The van der Waals surface area contributed by atoms with Gasteiger partial charge in [-0.1, -0.05) is 27.4 Å². The molecule has 0 aromatic heterocycles. The van der Waals surface area contributed by atoms with E-state index in [4.69, 9.17) is 0 Å². The molecule has 0 aliphatic carbocycles. The molecule has 1 heterocycles. The van der Waals surface area contributed by atoms with Crippen LogP contribution in [0.15, 0.2) is 12.2 Å². The van der Waals surface area contributed by atoms with Gasteiger partial charge in [0.05, 0.1) is 6.61 Å². The molecule has 1 aliphatic heterocycles. The fourth-order valence-corrected chi connectivity index (χ4v) is 0.776. The number of hydrogen-bond donors (Lipinski definition) is 0. The third-order valence-electron chi connectivity index (χ3n) is 1.59. The lowest BCUT2D eigenvalue weighted by Crippen LogP contribution is -1.93. The quantitative estimate of drug-likeness (QED) is 0.524. The smallest absolute Gasteiger partial charge is 0.305 e. The average molecular weight is 214 g/mol. The Morgan fingerprint density at radius 3 is 2.07 bits per heavy atom. The molecule has 0 radical (unpaired) electrons. The van der Waals surface area contributed by atoms with Crippen molar-refractivity contribution < 1.29 is 14.3 Å². The van der Waals surface area contributed by atoms with Gasteiger partial charge in [0.1, 0.15) is 0 Å². The maximum atomic E-state index is 10.4. The fourth-order valence-electron chi connectivity index (χ4n) is 0.776. The molecular weight excluding hydrogens is 192 g/mol. The first-order valence-electron chi connectivity index (χ1n) is 5.42. The second-order valence-electron chi connectivity index (χ2n) is 2.88. The second kappa shape index (κ2) is 11.0. The third-order valence-corrected chi connectivity index (χ3v) is 1.59. The predicted molar refractivity (Wildman–Crippen MR) is 61.7 cm³/mol. The number of ether oxygens (including phenoxy) is 1. The van der Waals surface area contributed by atoms with Crippen molar-refractivity contribution in [2.24, 2.45) is 0 Å². The van der Waals surface area contributed by atoms with E-state index in [2.05, 4.69) is 11.3 Å². The molecule has 0 N–H and O–H groups in total. The zero-order chi connectivity index (χ0) is 12.3. The molecule has 0 aromatic rings. The Morgan fingerprint density at radius 1 is 1.47 bits per heavy atom. The number of allylic oxidation sites excluding steroid dienone is 1. The summed E-state index contributed by atoms with van der Waals surface area (Å²) in [4.78, 5) is 20.4. The van der Waals surface area contributed by atoms with Crippen molar-refractivity contribution in [3.8, 4) is 0 Å². The number of Topliss-reactive ketones (excluding diaryl/α,β-unsaturated/α-hetero) is 1. The maximum absolute atomic E-state index is 10.4. The number of esters is 1. The normalized spacial score (nSPS) is 12.7. The van der Waals surface area contributed by atoms with Crippen molar-refractivity contribution in [2.75, 3.05) is 6.61 Å². The minimum atomic E-state index is -0.0463. The van der Waals surface area contributed by atoms with E-state index in [0.29, 0.717) is 25.0 Å². The molecule has 0 bridgehead atoms. The van der Waals surface area contributed by atoms with Gasteiger partial charge in [0.15, 0.2) is 5.78 Å². The van der Waals surface area contributed by atoms with Crippen molar-refractivity contribution in [3.05, 3.63) is 12.2 Å². The van der Waals surface area contributed by atoms with E-state index in [1.165, 1.54) is 0 Å². The summed E-state index contributed by atoms with van der Waals surface area (Å²) in [6.45, 7) is 11.7. The lowest BCUT2D eigenvalue weighted by atomic mass is 10.2. The highest BCUT2D eigenvalue weighted by atomic mass is 16.5. The molecule has 0 saturated carbocycles. The second-order valence-corrected chi connectivity index (χ2v) is 2.88. The molecule has 1 rings (SSSR count). The molecule has 3 nitrogen and oxygen atoms in total. The van der Waals surface area contributed by atoms with Crippen LogP contribution in [0.3, 0.4) is 0 Å². The Hall–Kier alpha value is -1.12. The SMILES string of the molecule is C=C(C)C(=O)CC.CC.O=C1CCCO1. The van der Waals surface area contributed by atoms with Crippen LogP contribution in [0.4, 0.5) is 0 Å². The van der Waals surface area contributed by atoms with E-state index < -0.39 is 0 Å². The fraction of sp³-hybridized carbons (Fsp3) is 0.667. The number of rotatable bonds is 2. The van der Waals surface area contributed by atoms with E-state index in [-0.39, 0.29) is 11.8 Å². The summed E-state index contributed by atoms with van der Waals surface area (Å²) in [5.74, 6) is 0.106. The number of hydrogen-bond acceptors (Lipinski definition) is 3. The Labute approximate surface area is 92.5 Å². The van der Waals surface area contributed by atoms with Gasteiger partial charge in [-0.15, -0.1) is 0 Å². The van der Waals surface area contributed by atoms with Crippen LogP contribution < -0.4 is 0 Å². The topological polar surface area (TPSA) is 43.4 Å². The first-order valence-corrected chi connectivity index (χ1v) is 5.42. The van der Waals surface area contributed by atoms with Crippen LogP contribution in [-0.2, 0) is 14.3 Å². The molecule has 0 unspecified atom stereocenters. The van der Waals surface area contributed by atoms with Gasteiger partial charge in [-0.2, -0.15) is 0 Å². The van der Waals surface area contributed by atoms with Crippen LogP contribution >= 0.6 is 0 Å². The number of carbonyl (C=O) groups is 2. The van der Waals surface area contributed by atoms with Gasteiger partial charge in [0, 0.05) is 12.8 Å². The summed E-state index contributed by atoms with van der Waals surface area (Å²) in [5, 5.41) is 0. The largest absolute Gasteiger partial charge is 0.466 e. The molecule has 0 aromatic carbocycles. The van der Waals surface area contributed by atoms with Crippen LogP contribution in [0.1, 0.15) is 47.0 Å². The molecule has 15 heavy (non-hydrogen) atoms. The number of cyclic esters (lactones) is 1. The van der Waals surface area contributed by atoms with Crippen LogP contribution in [0, 0.1) is 0 Å². The summed E-state index contributed by atoms with van der Waals surface area (Å²) < 4.78 is 4.51. The van der Waals surface area contributed by atoms with Crippen molar-refractivity contribution in [3.63, 3.8) is 0 Å². The Morgan fingerprint density at radius 2 is 2.00 bits per heavy atom. The summed E-state index contributed by atoms with van der Waals surface area (Å²) in [6, 6.07) is 0. The molecule has 0 atom stereocenters. The van der Waals surface area contributed by atoms with Crippen molar-refractivity contribution in [1.82, 2.24) is 0 Å². The minimum Gasteiger partial charge on any atom is -0.466 e. The Bertz CT molecular complexity index is 199. The minimum absolute atomic E-state index is 0.0463. The zero-order valence-electron chi connectivity index (χ0n) is 10.3. The molecule has 0 amide bonds. The highest BCUT2D eigenvalue weighted by Crippen LogP contribution is 2.01. The van der Waals surface area contributed by atoms with Gasteiger partial charge in [-0.05, 0) is 18.9 Å². The summed E-state index contributed by atoms with van der Waals surface area (Å²) in [7, 11) is 0. The van der Waals surface area contributed by atoms with Crippen molar-refractivity contribution in [2.45, 2.75) is 47.0 Å². The molecule has 1 aliphatic rings. The van der Waals surface area contributed by atoms with Gasteiger partial charge in [0.2, 0.25) is 0 Å². The van der Waals surface area contributed by atoms with Gasteiger partial charge in [0.25, 0.3) is 0 Å². The molecule has 0 spiro atoms. The predicted octanol–water partition coefficient (Wildman–Crippen LogP) is 2.89. The lowest BCUT2D eigenvalue weighted by molar-refractivity contribution is -0.137. The van der Waals surface area contributed by atoms with E-state index in [1.807, 2.05) is 20.8 Å². The van der Waals surface area contributed by atoms with Crippen LogP contribution in [0.2, 0.25) is 0 Å². The summed E-state index contributed by atoms with van der Waals surface area (Å²) in [5.41, 5.74) is 0.655. The standard InChI is InChI=1S/C6H10O.C4H6O2.C2H6/c1-4-6(7)5(2)3;5-4-2-1-3-6-4;1-2/h2,4H2,1,3H3;1-3H2;1-2H3. The monoisotopic (exact) mass is 214 g/mol. The van der Waals surface area contributed by atoms with Gasteiger partial charge < -0.3 is 4.74 Å². The van der Waals surface area contributed by atoms with Crippen LogP contribution in [0.5, 0.6) is 0 Å². The highest BCUT2D eigenvalue weighted by molar-refractivity contribution is 5.93. The molecule has 1 saturated heterocycles. The summed E-state index contributed by atoms with van der Waals surface area (Å²) in [6.07, 6.45) is 2.12. The number of ketones is 1. The lowest BCUT2D eigenvalue weighted by Gasteiger charge is -1.87. The highest BCUT2D eigenvalue weighted by Gasteiger charge is 2.08. The number of carbonyl (C=O) groups excluding carboxylic acids is 2. The van der Waals surface area contributed by atoms with E-state index in [9.17, 15) is 9.59 Å². The average Bonchev–Trinajstić information content (AvgIpc) is 2.71. The van der Waals surface area contributed by atoms with E-state index in [1.54, 1.807) is 6.92 Å². The van der Waals surface area contributed by atoms with Gasteiger partial charge in [-0.25, -0.2) is 0 Å². The maximum Gasteiger partial charge on any atom is 0.305 e. The van der Waals surface area contributed by atoms with Crippen LogP contribution in [-0.4, -0.2) is 18.4 Å². The van der Waals surface area contributed by atoms with Gasteiger partial charge in [-0.3, -0.25) is 9.59 Å². The van der Waals surface area contributed by atoms with Crippen molar-refractivity contribution in [1.29, 1.82) is 0 Å². The van der Waals surface area contributed by atoms with Gasteiger partial charge >= 0.3 is 5.97 Å². The van der Waals surface area contributed by atoms with Crippen LogP contribution in [0.25, 0.3) is 0 Å². The molecular formula is C12H22O3. The first kappa shape index (κ1) is 16.3. The van der Waals surface area contributed by atoms with E-state index in [0.717, 1.165) is 6.42 Å². The van der Waals surface area contributed by atoms with E-state index >= 15 is 0 Å².